The number of ether oxygens (including phenoxy) is 1. The van der Waals surface area contributed by atoms with Gasteiger partial charge in [-0.05, 0) is 31.2 Å². The van der Waals surface area contributed by atoms with Gasteiger partial charge in [0.25, 0.3) is 0 Å². The van der Waals surface area contributed by atoms with Crippen LogP contribution in [0.1, 0.15) is 29.2 Å². The Labute approximate surface area is 140 Å². The molecule has 0 aliphatic heterocycles. The minimum atomic E-state index is 0.487. The van der Waals surface area contributed by atoms with Crippen LogP contribution < -0.4 is 10.1 Å². The number of aryl methyl sites for hydroxylation is 1. The monoisotopic (exact) mass is 343 g/mol. The van der Waals surface area contributed by atoms with Crippen molar-refractivity contribution >= 4 is 34.5 Å². The average molecular weight is 344 g/mol. The maximum absolute atomic E-state index is 5.97. The Balaban J connectivity index is 1.99. The molecular weight excluding hydrogens is 325 g/mol. The second-order valence-electron chi connectivity index (χ2n) is 5.22. The highest BCUT2D eigenvalue weighted by atomic mass is 35.5. The standard InChI is InChI=1S/C16H19Cl2NOS/c1-10(2)19-8-16-4-12(11(3)21-16)9-20-15-6-13(17)5-14(18)7-15/h4-7,10,19H,8-9H2,1-3H3. The van der Waals surface area contributed by atoms with Crippen molar-refractivity contribution < 1.29 is 4.74 Å². The van der Waals surface area contributed by atoms with Gasteiger partial charge in [0.2, 0.25) is 0 Å². The number of halogens is 2. The summed E-state index contributed by atoms with van der Waals surface area (Å²) >= 11 is 13.7. The summed E-state index contributed by atoms with van der Waals surface area (Å²) in [6, 6.07) is 7.93. The highest BCUT2D eigenvalue weighted by Crippen LogP contribution is 2.27. The first-order valence-corrected chi connectivity index (χ1v) is 8.41. The molecule has 0 aliphatic carbocycles. The maximum atomic E-state index is 5.97. The molecule has 5 heteroatoms. The van der Waals surface area contributed by atoms with E-state index in [2.05, 4.69) is 32.2 Å². The van der Waals surface area contributed by atoms with Gasteiger partial charge in [0.15, 0.2) is 0 Å². The Morgan fingerprint density at radius 2 is 1.81 bits per heavy atom. The Hall–Kier alpha value is -0.740. The Bertz CT molecular complexity index is 590. The number of nitrogens with one attached hydrogen (secondary N) is 1. The molecule has 2 rings (SSSR count). The predicted molar refractivity (Wildman–Crippen MR) is 91.8 cm³/mol. The van der Waals surface area contributed by atoms with Crippen LogP contribution in [0.2, 0.25) is 10.0 Å². The van der Waals surface area contributed by atoms with Crippen LogP contribution in [0.5, 0.6) is 5.75 Å². The van der Waals surface area contributed by atoms with Crippen LogP contribution in [-0.4, -0.2) is 6.04 Å². The van der Waals surface area contributed by atoms with Gasteiger partial charge >= 0.3 is 0 Å². The summed E-state index contributed by atoms with van der Waals surface area (Å²) in [5.41, 5.74) is 1.21. The van der Waals surface area contributed by atoms with E-state index in [4.69, 9.17) is 27.9 Å². The lowest BCUT2D eigenvalue weighted by Gasteiger charge is -2.07. The molecular formula is C16H19Cl2NOS. The van der Waals surface area contributed by atoms with E-state index in [9.17, 15) is 0 Å². The minimum Gasteiger partial charge on any atom is -0.489 e. The highest BCUT2D eigenvalue weighted by Gasteiger charge is 2.07. The second kappa shape index (κ2) is 7.50. The number of rotatable bonds is 6. The van der Waals surface area contributed by atoms with Gasteiger partial charge in [0.1, 0.15) is 12.4 Å². The summed E-state index contributed by atoms with van der Waals surface area (Å²) in [6.07, 6.45) is 0. The SMILES string of the molecule is Cc1sc(CNC(C)C)cc1COc1cc(Cl)cc(Cl)c1. The minimum absolute atomic E-state index is 0.487. The molecule has 0 bridgehead atoms. The zero-order chi connectivity index (χ0) is 15.4. The molecule has 2 aromatic rings. The lowest BCUT2D eigenvalue weighted by Crippen LogP contribution is -2.21. The van der Waals surface area contributed by atoms with E-state index in [0.717, 1.165) is 6.54 Å². The molecule has 0 radical (unpaired) electrons. The molecule has 0 aliphatic rings. The molecule has 1 heterocycles. The highest BCUT2D eigenvalue weighted by molar-refractivity contribution is 7.12. The fourth-order valence-electron chi connectivity index (χ4n) is 1.90. The topological polar surface area (TPSA) is 21.3 Å². The van der Waals surface area contributed by atoms with Crippen molar-refractivity contribution in [1.29, 1.82) is 0 Å². The predicted octanol–water partition coefficient (Wildman–Crippen LogP) is 5.44. The van der Waals surface area contributed by atoms with Gasteiger partial charge in [-0.2, -0.15) is 0 Å². The fourth-order valence-corrected chi connectivity index (χ4v) is 3.40. The molecule has 0 fully saturated rings. The number of benzene rings is 1. The van der Waals surface area contributed by atoms with Crippen LogP contribution in [0.25, 0.3) is 0 Å². The molecule has 1 N–H and O–H groups in total. The lowest BCUT2D eigenvalue weighted by atomic mass is 10.2. The number of thiophene rings is 1. The normalized spacial score (nSPS) is 11.1. The van der Waals surface area contributed by atoms with E-state index in [0.29, 0.717) is 28.4 Å². The van der Waals surface area contributed by atoms with Crippen molar-refractivity contribution in [2.24, 2.45) is 0 Å². The van der Waals surface area contributed by atoms with Gasteiger partial charge in [-0.15, -0.1) is 11.3 Å². The first-order chi connectivity index (χ1) is 9.94. The first kappa shape index (κ1) is 16.6. The van der Waals surface area contributed by atoms with E-state index < -0.39 is 0 Å². The lowest BCUT2D eigenvalue weighted by molar-refractivity contribution is 0.306. The Morgan fingerprint density at radius 1 is 1.14 bits per heavy atom. The smallest absolute Gasteiger partial charge is 0.122 e. The molecule has 1 aromatic carbocycles. The van der Waals surface area contributed by atoms with E-state index in [1.807, 2.05) is 0 Å². The molecule has 0 atom stereocenters. The van der Waals surface area contributed by atoms with Crippen LogP contribution in [0.4, 0.5) is 0 Å². The van der Waals surface area contributed by atoms with E-state index in [1.54, 1.807) is 29.5 Å². The molecule has 0 spiro atoms. The van der Waals surface area contributed by atoms with Crippen LogP contribution in [0, 0.1) is 6.92 Å². The molecule has 1 aromatic heterocycles. The molecule has 0 saturated carbocycles. The molecule has 21 heavy (non-hydrogen) atoms. The Morgan fingerprint density at radius 3 is 2.43 bits per heavy atom. The molecule has 2 nitrogen and oxygen atoms in total. The van der Waals surface area contributed by atoms with Crippen molar-refractivity contribution in [2.75, 3.05) is 0 Å². The Kier molecular flexibility index (Phi) is 5.94. The van der Waals surface area contributed by atoms with Gasteiger partial charge < -0.3 is 10.1 Å². The molecule has 0 saturated heterocycles. The third-order valence-corrected chi connectivity index (χ3v) is 4.52. The number of hydrogen-bond donors (Lipinski definition) is 1. The number of hydrogen-bond acceptors (Lipinski definition) is 3. The molecule has 0 unspecified atom stereocenters. The van der Waals surface area contributed by atoms with Crippen molar-refractivity contribution in [3.8, 4) is 5.75 Å². The van der Waals surface area contributed by atoms with Crippen molar-refractivity contribution in [2.45, 2.75) is 40.0 Å². The summed E-state index contributed by atoms with van der Waals surface area (Å²) in [5, 5.41) is 4.59. The largest absolute Gasteiger partial charge is 0.489 e. The molecule has 114 valence electrons. The van der Waals surface area contributed by atoms with Crippen molar-refractivity contribution in [3.05, 3.63) is 49.6 Å². The summed E-state index contributed by atoms with van der Waals surface area (Å²) < 4.78 is 5.79. The molecule has 0 amide bonds. The second-order valence-corrected chi connectivity index (χ2v) is 7.44. The third-order valence-electron chi connectivity index (χ3n) is 2.99. The van der Waals surface area contributed by atoms with E-state index in [-0.39, 0.29) is 0 Å². The van der Waals surface area contributed by atoms with Gasteiger partial charge in [-0.3, -0.25) is 0 Å². The maximum Gasteiger partial charge on any atom is 0.122 e. The van der Waals surface area contributed by atoms with Gasteiger partial charge in [-0.1, -0.05) is 37.0 Å². The van der Waals surface area contributed by atoms with Gasteiger partial charge in [0, 0.05) is 37.9 Å². The summed E-state index contributed by atoms with van der Waals surface area (Å²) in [4.78, 5) is 2.60. The summed E-state index contributed by atoms with van der Waals surface area (Å²) in [5.74, 6) is 0.694. The van der Waals surface area contributed by atoms with E-state index in [1.165, 1.54) is 15.3 Å². The van der Waals surface area contributed by atoms with Crippen molar-refractivity contribution in [3.63, 3.8) is 0 Å². The third kappa shape index (κ3) is 5.19. The van der Waals surface area contributed by atoms with Crippen LogP contribution in [-0.2, 0) is 13.2 Å². The first-order valence-electron chi connectivity index (χ1n) is 6.84. The zero-order valence-electron chi connectivity index (χ0n) is 12.4. The summed E-state index contributed by atoms with van der Waals surface area (Å²) in [7, 11) is 0. The van der Waals surface area contributed by atoms with Gasteiger partial charge in [0.05, 0.1) is 0 Å². The van der Waals surface area contributed by atoms with Crippen LogP contribution >= 0.6 is 34.5 Å². The summed E-state index contributed by atoms with van der Waals surface area (Å²) in [6.45, 7) is 7.83. The van der Waals surface area contributed by atoms with Crippen LogP contribution in [0.15, 0.2) is 24.3 Å². The average Bonchev–Trinajstić information content (AvgIpc) is 2.73. The zero-order valence-corrected chi connectivity index (χ0v) is 14.7. The van der Waals surface area contributed by atoms with Crippen LogP contribution in [0.3, 0.4) is 0 Å². The van der Waals surface area contributed by atoms with E-state index >= 15 is 0 Å². The van der Waals surface area contributed by atoms with Crippen molar-refractivity contribution in [1.82, 2.24) is 5.32 Å². The fraction of sp³-hybridized carbons (Fsp3) is 0.375. The quantitative estimate of drug-likeness (QED) is 0.753. The van der Waals surface area contributed by atoms with Gasteiger partial charge in [-0.25, -0.2) is 0 Å².